The van der Waals surface area contributed by atoms with Crippen LogP contribution in [0, 0.1) is 0 Å². The number of hydrogen-bond acceptors (Lipinski definition) is 4. The number of hydrogen-bond donors (Lipinski definition) is 2. The topological polar surface area (TPSA) is 36.5 Å². The minimum absolute atomic E-state index is 0.546. The summed E-state index contributed by atoms with van der Waals surface area (Å²) in [5.41, 5.74) is 2.66. The van der Waals surface area contributed by atoms with E-state index in [1.54, 1.807) is 7.11 Å². The molecule has 18 heavy (non-hydrogen) atoms. The van der Waals surface area contributed by atoms with Crippen molar-refractivity contribution in [3.63, 3.8) is 0 Å². The van der Waals surface area contributed by atoms with E-state index in [0.717, 1.165) is 44.9 Å². The lowest BCUT2D eigenvalue weighted by Crippen LogP contribution is -2.47. The van der Waals surface area contributed by atoms with Gasteiger partial charge in [-0.3, -0.25) is 4.90 Å². The van der Waals surface area contributed by atoms with E-state index in [2.05, 4.69) is 27.7 Å². The number of benzene rings is 1. The van der Waals surface area contributed by atoms with Gasteiger partial charge in [0.05, 0.1) is 7.11 Å². The maximum Gasteiger partial charge on any atom is 0.119 e. The standard InChI is InChI=1S/C14H21N3O/c1-18-13-2-3-14-11(9-13)8-12(16-14)10-17-6-4-15-5-7-17/h2-3,9,12,15-16H,4-8,10H2,1H3. The molecule has 0 bridgehead atoms. The van der Waals surface area contributed by atoms with Crippen LogP contribution in [0.15, 0.2) is 18.2 Å². The van der Waals surface area contributed by atoms with Gasteiger partial charge in [-0.25, -0.2) is 0 Å². The van der Waals surface area contributed by atoms with Crippen molar-refractivity contribution in [1.82, 2.24) is 10.2 Å². The zero-order chi connectivity index (χ0) is 12.4. The molecule has 0 aliphatic carbocycles. The van der Waals surface area contributed by atoms with Crippen molar-refractivity contribution in [3.05, 3.63) is 23.8 Å². The lowest BCUT2D eigenvalue weighted by atomic mass is 10.1. The van der Waals surface area contributed by atoms with Gasteiger partial charge in [0.2, 0.25) is 0 Å². The largest absolute Gasteiger partial charge is 0.497 e. The minimum atomic E-state index is 0.546. The van der Waals surface area contributed by atoms with Crippen LogP contribution < -0.4 is 15.4 Å². The Balaban J connectivity index is 1.61. The van der Waals surface area contributed by atoms with Crippen molar-refractivity contribution < 1.29 is 4.74 Å². The number of methoxy groups -OCH3 is 1. The number of anilines is 1. The fraction of sp³-hybridized carbons (Fsp3) is 0.571. The highest BCUT2D eigenvalue weighted by atomic mass is 16.5. The smallest absolute Gasteiger partial charge is 0.119 e. The first-order valence-corrected chi connectivity index (χ1v) is 6.71. The van der Waals surface area contributed by atoms with E-state index in [0.29, 0.717) is 6.04 Å². The second kappa shape index (κ2) is 5.16. The summed E-state index contributed by atoms with van der Waals surface area (Å²) in [6, 6.07) is 6.86. The van der Waals surface area contributed by atoms with E-state index in [-0.39, 0.29) is 0 Å². The van der Waals surface area contributed by atoms with Gasteiger partial charge in [-0.15, -0.1) is 0 Å². The van der Waals surface area contributed by atoms with E-state index in [9.17, 15) is 0 Å². The second-order valence-electron chi connectivity index (χ2n) is 5.12. The normalized spacial score (nSPS) is 23.5. The number of ether oxygens (including phenoxy) is 1. The van der Waals surface area contributed by atoms with Gasteiger partial charge in [-0.1, -0.05) is 0 Å². The summed E-state index contributed by atoms with van der Waals surface area (Å²) >= 11 is 0. The Kier molecular flexibility index (Phi) is 3.39. The Hall–Kier alpha value is -1.26. The average Bonchev–Trinajstić information content (AvgIpc) is 2.80. The van der Waals surface area contributed by atoms with Crippen molar-refractivity contribution >= 4 is 5.69 Å². The molecule has 2 aliphatic heterocycles. The van der Waals surface area contributed by atoms with Crippen molar-refractivity contribution in [1.29, 1.82) is 0 Å². The van der Waals surface area contributed by atoms with Crippen LogP contribution in [0.1, 0.15) is 5.56 Å². The van der Waals surface area contributed by atoms with Crippen LogP contribution >= 0.6 is 0 Å². The van der Waals surface area contributed by atoms with Crippen LogP contribution in [-0.2, 0) is 6.42 Å². The molecular weight excluding hydrogens is 226 g/mol. The van der Waals surface area contributed by atoms with Crippen molar-refractivity contribution in [2.75, 3.05) is 45.2 Å². The van der Waals surface area contributed by atoms with Crippen molar-refractivity contribution in [3.8, 4) is 5.75 Å². The highest BCUT2D eigenvalue weighted by Gasteiger charge is 2.23. The summed E-state index contributed by atoms with van der Waals surface area (Å²) < 4.78 is 5.28. The first-order valence-electron chi connectivity index (χ1n) is 6.71. The molecule has 1 aromatic carbocycles. The molecule has 4 nitrogen and oxygen atoms in total. The maximum absolute atomic E-state index is 5.28. The van der Waals surface area contributed by atoms with E-state index in [4.69, 9.17) is 4.74 Å². The van der Waals surface area contributed by atoms with Gasteiger partial charge >= 0.3 is 0 Å². The van der Waals surface area contributed by atoms with Crippen LogP contribution in [0.4, 0.5) is 5.69 Å². The number of fused-ring (bicyclic) bond motifs is 1. The second-order valence-corrected chi connectivity index (χ2v) is 5.12. The summed E-state index contributed by atoms with van der Waals surface area (Å²) in [7, 11) is 1.72. The molecule has 1 fully saturated rings. The highest BCUT2D eigenvalue weighted by molar-refractivity contribution is 5.59. The summed E-state index contributed by atoms with van der Waals surface area (Å²) in [5.74, 6) is 0.957. The third-order valence-electron chi connectivity index (χ3n) is 3.83. The fourth-order valence-corrected chi connectivity index (χ4v) is 2.86. The van der Waals surface area contributed by atoms with E-state index < -0.39 is 0 Å². The molecule has 0 saturated carbocycles. The lowest BCUT2D eigenvalue weighted by molar-refractivity contribution is 0.233. The molecule has 3 rings (SSSR count). The molecule has 2 aliphatic rings. The Morgan fingerprint density at radius 3 is 2.94 bits per heavy atom. The number of rotatable bonds is 3. The van der Waals surface area contributed by atoms with E-state index in [1.165, 1.54) is 11.3 Å². The van der Waals surface area contributed by atoms with Crippen LogP contribution in [0.2, 0.25) is 0 Å². The van der Waals surface area contributed by atoms with Gasteiger partial charge in [-0.2, -0.15) is 0 Å². The lowest BCUT2D eigenvalue weighted by Gasteiger charge is -2.29. The Bertz CT molecular complexity index is 416. The Morgan fingerprint density at radius 1 is 1.33 bits per heavy atom. The molecule has 1 unspecified atom stereocenters. The Labute approximate surface area is 108 Å². The SMILES string of the molecule is COc1ccc2c(c1)CC(CN1CCNCC1)N2. The van der Waals surface area contributed by atoms with Gasteiger partial charge in [-0.05, 0) is 30.2 Å². The minimum Gasteiger partial charge on any atom is -0.497 e. The highest BCUT2D eigenvalue weighted by Crippen LogP contribution is 2.29. The molecule has 0 spiro atoms. The van der Waals surface area contributed by atoms with Gasteiger partial charge in [0.15, 0.2) is 0 Å². The third-order valence-corrected chi connectivity index (χ3v) is 3.83. The predicted molar refractivity (Wildman–Crippen MR) is 73.4 cm³/mol. The summed E-state index contributed by atoms with van der Waals surface area (Å²) in [6.07, 6.45) is 1.11. The van der Waals surface area contributed by atoms with Crippen LogP contribution in [0.3, 0.4) is 0 Å². The summed E-state index contributed by atoms with van der Waals surface area (Å²) in [6.45, 7) is 5.70. The van der Waals surface area contributed by atoms with Crippen molar-refractivity contribution in [2.24, 2.45) is 0 Å². The fourth-order valence-electron chi connectivity index (χ4n) is 2.86. The molecule has 1 atom stereocenters. The molecule has 1 saturated heterocycles. The maximum atomic E-state index is 5.28. The Morgan fingerprint density at radius 2 is 2.17 bits per heavy atom. The molecule has 98 valence electrons. The van der Waals surface area contributed by atoms with E-state index in [1.807, 2.05) is 6.07 Å². The number of nitrogens with zero attached hydrogens (tertiary/aromatic N) is 1. The van der Waals surface area contributed by atoms with Crippen molar-refractivity contribution in [2.45, 2.75) is 12.5 Å². The van der Waals surface area contributed by atoms with Gasteiger partial charge in [0.25, 0.3) is 0 Å². The van der Waals surface area contributed by atoms with Crippen LogP contribution in [0.5, 0.6) is 5.75 Å². The quantitative estimate of drug-likeness (QED) is 0.833. The monoisotopic (exact) mass is 247 g/mol. The van der Waals surface area contributed by atoms with Gasteiger partial charge < -0.3 is 15.4 Å². The van der Waals surface area contributed by atoms with Gasteiger partial charge in [0, 0.05) is 44.5 Å². The molecule has 0 radical (unpaired) electrons. The summed E-state index contributed by atoms with van der Waals surface area (Å²) in [5, 5.41) is 7.01. The van der Waals surface area contributed by atoms with Crippen LogP contribution in [-0.4, -0.2) is 50.8 Å². The molecule has 1 aromatic rings. The molecule has 0 aromatic heterocycles. The molecule has 4 heteroatoms. The molecule has 0 amide bonds. The molecule has 2 heterocycles. The zero-order valence-electron chi connectivity index (χ0n) is 10.9. The van der Waals surface area contributed by atoms with E-state index >= 15 is 0 Å². The molecular formula is C14H21N3O. The van der Waals surface area contributed by atoms with Crippen LogP contribution in [0.25, 0.3) is 0 Å². The first kappa shape index (κ1) is 11.8. The number of nitrogens with one attached hydrogen (secondary N) is 2. The average molecular weight is 247 g/mol. The number of piperazine rings is 1. The predicted octanol–water partition coefficient (Wildman–Crippen LogP) is 0.937. The van der Waals surface area contributed by atoms with Gasteiger partial charge in [0.1, 0.15) is 5.75 Å². The third kappa shape index (κ3) is 2.44. The summed E-state index contributed by atoms with van der Waals surface area (Å²) in [4.78, 5) is 2.54. The zero-order valence-corrected chi connectivity index (χ0v) is 10.9. The molecule has 2 N–H and O–H groups in total. The first-order chi connectivity index (χ1) is 8.85.